The lowest BCUT2D eigenvalue weighted by molar-refractivity contribution is 0.0958. The fraction of sp³-hybridized carbons (Fsp3) is 0.0625. The van der Waals surface area contributed by atoms with Crippen molar-refractivity contribution in [3.8, 4) is 0 Å². The highest BCUT2D eigenvalue weighted by atomic mass is 19.1. The summed E-state index contributed by atoms with van der Waals surface area (Å²) in [7, 11) is 1.31. The number of benzene rings is 2. The van der Waals surface area contributed by atoms with Gasteiger partial charge in [0.05, 0.1) is 11.1 Å². The lowest BCUT2D eigenvalue weighted by Crippen LogP contribution is -2.37. The van der Waals surface area contributed by atoms with Gasteiger partial charge >= 0.3 is 6.03 Å². The van der Waals surface area contributed by atoms with Gasteiger partial charge in [-0.05, 0) is 24.3 Å². The number of hydrogen-bond donors (Lipinski definition) is 3. The Morgan fingerprint density at radius 2 is 1.31 bits per heavy atom. The maximum absolute atomic E-state index is 13.0. The summed E-state index contributed by atoms with van der Waals surface area (Å²) < 4.78 is 50.3. The minimum Gasteiger partial charge on any atom is -0.366 e. The van der Waals surface area contributed by atoms with Gasteiger partial charge in [-0.1, -0.05) is 0 Å². The van der Waals surface area contributed by atoms with E-state index in [1.165, 1.54) is 7.05 Å². The molecule has 0 heterocycles. The van der Waals surface area contributed by atoms with Crippen LogP contribution in [0.25, 0.3) is 0 Å². The highest BCUT2D eigenvalue weighted by molar-refractivity contribution is 6.04. The average molecular weight is 371 g/mol. The molecule has 0 saturated heterocycles. The molecule has 2 aromatic carbocycles. The highest BCUT2D eigenvalue weighted by Crippen LogP contribution is 2.09. The molecule has 0 unspecified atom stereocenters. The van der Waals surface area contributed by atoms with Crippen LogP contribution in [0.3, 0.4) is 0 Å². The number of imide groups is 1. The van der Waals surface area contributed by atoms with E-state index >= 15 is 0 Å². The Kier molecular flexibility index (Phi) is 7.26. The molecule has 4 N–H and O–H groups in total. The standard InChI is InChI=1S/C9H8F2N2O2.C7H5F2NO/c1-12-9(15)13-8(14)6-3-2-5(10)4-7(6)11;8-4-1-2-5(7(10)11)6(9)3-4/h2-4H,1H3,(H2,12,13,14,15);1-3H,(H2,10,11). The van der Waals surface area contributed by atoms with Crippen LogP contribution in [0.5, 0.6) is 0 Å². The molecule has 0 aromatic heterocycles. The SMILES string of the molecule is CNC(=O)NC(=O)c1ccc(F)cc1F.NC(=O)c1ccc(F)cc1F. The summed E-state index contributed by atoms with van der Waals surface area (Å²) in [6.07, 6.45) is 0. The second kappa shape index (κ2) is 9.16. The largest absolute Gasteiger partial charge is 0.366 e. The Bertz CT molecular complexity index is 843. The van der Waals surface area contributed by atoms with Crippen molar-refractivity contribution in [3.05, 3.63) is 70.8 Å². The lowest BCUT2D eigenvalue weighted by atomic mass is 10.2. The topological polar surface area (TPSA) is 101 Å². The van der Waals surface area contributed by atoms with Gasteiger partial charge in [0.15, 0.2) is 0 Å². The van der Waals surface area contributed by atoms with E-state index in [2.05, 4.69) is 5.32 Å². The van der Waals surface area contributed by atoms with Gasteiger partial charge in [-0.2, -0.15) is 0 Å². The number of hydrogen-bond acceptors (Lipinski definition) is 3. The molecule has 0 aliphatic rings. The Labute approximate surface area is 145 Å². The molecule has 6 nitrogen and oxygen atoms in total. The average Bonchev–Trinajstić information content (AvgIpc) is 2.54. The fourth-order valence-corrected chi connectivity index (χ4v) is 1.60. The number of carbonyl (C=O) groups excluding carboxylic acids is 3. The number of halogens is 4. The molecule has 0 spiro atoms. The number of primary amides is 1. The van der Waals surface area contributed by atoms with Crippen LogP contribution in [0.2, 0.25) is 0 Å². The van der Waals surface area contributed by atoms with E-state index in [9.17, 15) is 31.9 Å². The molecular formula is C16H13F4N3O3. The second-order valence-electron chi connectivity index (χ2n) is 4.65. The van der Waals surface area contributed by atoms with Crippen molar-refractivity contribution >= 4 is 17.8 Å². The van der Waals surface area contributed by atoms with Gasteiger partial charge < -0.3 is 11.1 Å². The Morgan fingerprint density at radius 1 is 0.846 bits per heavy atom. The maximum atomic E-state index is 13.0. The number of amides is 4. The monoisotopic (exact) mass is 371 g/mol. The zero-order valence-electron chi connectivity index (χ0n) is 13.3. The first-order valence-electron chi connectivity index (χ1n) is 6.88. The van der Waals surface area contributed by atoms with Crippen LogP contribution in [0.15, 0.2) is 36.4 Å². The smallest absolute Gasteiger partial charge is 0.321 e. The van der Waals surface area contributed by atoms with Crippen molar-refractivity contribution in [1.29, 1.82) is 0 Å². The fourth-order valence-electron chi connectivity index (χ4n) is 1.60. The first-order chi connectivity index (χ1) is 12.1. The van der Waals surface area contributed by atoms with Gasteiger partial charge in [-0.15, -0.1) is 0 Å². The van der Waals surface area contributed by atoms with Gasteiger partial charge in [0.2, 0.25) is 0 Å². The Hall–Kier alpha value is -3.43. The van der Waals surface area contributed by atoms with Crippen LogP contribution >= 0.6 is 0 Å². The third-order valence-corrected chi connectivity index (χ3v) is 2.83. The minimum absolute atomic E-state index is 0.300. The van der Waals surface area contributed by atoms with Crippen molar-refractivity contribution in [3.63, 3.8) is 0 Å². The van der Waals surface area contributed by atoms with Crippen LogP contribution in [-0.2, 0) is 0 Å². The number of urea groups is 1. The van der Waals surface area contributed by atoms with E-state index in [1.807, 2.05) is 5.32 Å². The molecule has 0 bridgehead atoms. The zero-order valence-corrected chi connectivity index (χ0v) is 13.3. The van der Waals surface area contributed by atoms with E-state index in [0.29, 0.717) is 12.1 Å². The van der Waals surface area contributed by atoms with Crippen LogP contribution < -0.4 is 16.4 Å². The minimum atomic E-state index is -1.02. The van der Waals surface area contributed by atoms with Gasteiger partial charge in [-0.25, -0.2) is 22.4 Å². The molecule has 0 fully saturated rings. The number of rotatable bonds is 2. The predicted octanol–water partition coefficient (Wildman–Crippen LogP) is 2.10. The second-order valence-corrected chi connectivity index (χ2v) is 4.65. The molecule has 10 heteroatoms. The van der Waals surface area contributed by atoms with Crippen LogP contribution in [-0.4, -0.2) is 24.9 Å². The van der Waals surface area contributed by atoms with E-state index < -0.39 is 41.1 Å². The molecule has 0 saturated carbocycles. The molecule has 4 amide bonds. The van der Waals surface area contributed by atoms with Crippen molar-refractivity contribution in [1.82, 2.24) is 10.6 Å². The summed E-state index contributed by atoms with van der Waals surface area (Å²) in [4.78, 5) is 32.3. The predicted molar refractivity (Wildman–Crippen MR) is 83.2 cm³/mol. The van der Waals surface area contributed by atoms with Crippen molar-refractivity contribution in [2.75, 3.05) is 7.05 Å². The third-order valence-electron chi connectivity index (χ3n) is 2.83. The quantitative estimate of drug-likeness (QED) is 0.705. The van der Waals surface area contributed by atoms with E-state index in [-0.39, 0.29) is 11.1 Å². The number of nitrogens with two attached hydrogens (primary N) is 1. The van der Waals surface area contributed by atoms with Gasteiger partial charge in [0.1, 0.15) is 23.3 Å². The summed E-state index contributed by atoms with van der Waals surface area (Å²) in [5.74, 6) is -5.29. The van der Waals surface area contributed by atoms with Crippen LogP contribution in [0.1, 0.15) is 20.7 Å². The Balaban J connectivity index is 0.000000273. The summed E-state index contributed by atoms with van der Waals surface area (Å²) >= 11 is 0. The maximum Gasteiger partial charge on any atom is 0.321 e. The molecule has 0 aliphatic heterocycles. The molecule has 0 radical (unpaired) electrons. The molecule has 0 atom stereocenters. The summed E-state index contributed by atoms with van der Waals surface area (Å²) in [5.41, 5.74) is 4.07. The van der Waals surface area contributed by atoms with Crippen molar-refractivity contribution in [2.45, 2.75) is 0 Å². The van der Waals surface area contributed by atoms with E-state index in [4.69, 9.17) is 5.73 Å². The number of carbonyl (C=O) groups is 3. The summed E-state index contributed by atoms with van der Waals surface area (Å²) in [5, 5.41) is 3.98. The van der Waals surface area contributed by atoms with Gasteiger partial charge in [0, 0.05) is 19.2 Å². The molecular weight excluding hydrogens is 358 g/mol. The Morgan fingerprint density at radius 3 is 1.69 bits per heavy atom. The zero-order chi connectivity index (χ0) is 19.9. The van der Waals surface area contributed by atoms with Gasteiger partial charge in [0.25, 0.3) is 11.8 Å². The highest BCUT2D eigenvalue weighted by Gasteiger charge is 2.14. The first-order valence-corrected chi connectivity index (χ1v) is 6.88. The van der Waals surface area contributed by atoms with Crippen LogP contribution in [0.4, 0.5) is 22.4 Å². The van der Waals surface area contributed by atoms with E-state index in [1.54, 1.807) is 0 Å². The summed E-state index contributed by atoms with van der Waals surface area (Å²) in [6.45, 7) is 0. The first kappa shape index (κ1) is 20.6. The normalized spacial score (nSPS) is 9.58. The van der Waals surface area contributed by atoms with Crippen molar-refractivity contribution < 1.29 is 31.9 Å². The van der Waals surface area contributed by atoms with Crippen LogP contribution in [0, 0.1) is 23.3 Å². The molecule has 0 aliphatic carbocycles. The number of nitrogens with one attached hydrogen (secondary N) is 2. The molecule has 2 aromatic rings. The lowest BCUT2D eigenvalue weighted by Gasteiger charge is -2.03. The summed E-state index contributed by atoms with van der Waals surface area (Å²) in [6, 6.07) is 4.29. The van der Waals surface area contributed by atoms with Gasteiger partial charge in [-0.3, -0.25) is 14.9 Å². The molecule has 138 valence electrons. The van der Waals surface area contributed by atoms with E-state index in [0.717, 1.165) is 24.3 Å². The molecule has 26 heavy (non-hydrogen) atoms. The molecule has 2 rings (SSSR count). The third kappa shape index (κ3) is 5.89. The van der Waals surface area contributed by atoms with Crippen molar-refractivity contribution in [2.24, 2.45) is 5.73 Å².